The van der Waals surface area contributed by atoms with Crippen molar-refractivity contribution in [3.63, 3.8) is 0 Å². The first-order valence-electron chi connectivity index (χ1n) is 6.09. The minimum atomic E-state index is -5.02. The van der Waals surface area contributed by atoms with E-state index in [0.29, 0.717) is 10.5 Å². The summed E-state index contributed by atoms with van der Waals surface area (Å²) in [6.45, 7) is 4.45. The van der Waals surface area contributed by atoms with Crippen molar-refractivity contribution in [3.8, 4) is 0 Å². The van der Waals surface area contributed by atoms with Crippen molar-refractivity contribution in [2.45, 2.75) is 38.9 Å². The maximum atomic E-state index is 12.8. The number of halogens is 3. The lowest BCUT2D eigenvalue weighted by Gasteiger charge is -2.42. The van der Waals surface area contributed by atoms with Crippen molar-refractivity contribution < 1.29 is 22.8 Å². The summed E-state index contributed by atoms with van der Waals surface area (Å²) in [7, 11) is 0. The molecule has 0 spiro atoms. The molecule has 0 fully saturated rings. The fraction of sp³-hybridized carbons (Fsp3) is 0.429. The Bertz CT molecular complexity index is 591. The molecule has 1 aromatic carbocycles. The molecule has 108 valence electrons. The Kier molecular flexibility index (Phi) is 3.15. The highest BCUT2D eigenvalue weighted by Crippen LogP contribution is 2.38. The molecule has 0 bridgehead atoms. The lowest BCUT2D eigenvalue weighted by atomic mass is 9.85. The van der Waals surface area contributed by atoms with Crippen LogP contribution in [0.25, 0.3) is 0 Å². The van der Waals surface area contributed by atoms with Gasteiger partial charge in [0.05, 0.1) is 0 Å². The van der Waals surface area contributed by atoms with Gasteiger partial charge in [-0.25, -0.2) is 0 Å². The summed E-state index contributed by atoms with van der Waals surface area (Å²) in [6.07, 6.45) is -4.98. The topological polar surface area (TPSA) is 37.4 Å². The van der Waals surface area contributed by atoms with Crippen molar-refractivity contribution >= 4 is 17.4 Å². The second-order valence-electron chi connectivity index (χ2n) is 5.43. The monoisotopic (exact) mass is 285 g/mol. The van der Waals surface area contributed by atoms with Crippen LogP contribution in [0.15, 0.2) is 18.2 Å². The van der Waals surface area contributed by atoms with Gasteiger partial charge in [-0.1, -0.05) is 17.7 Å². The first kappa shape index (κ1) is 14.6. The number of Topliss-reactive ketones (excluding diaryl/α,β-unsaturated/α-hetero) is 1. The van der Waals surface area contributed by atoms with Crippen LogP contribution >= 0.6 is 0 Å². The van der Waals surface area contributed by atoms with Gasteiger partial charge in [0.25, 0.3) is 0 Å². The third-order valence-corrected chi connectivity index (χ3v) is 3.51. The number of amides is 1. The number of carbonyl (C=O) groups is 2. The van der Waals surface area contributed by atoms with E-state index in [0.717, 1.165) is 5.56 Å². The molecule has 1 amide bonds. The van der Waals surface area contributed by atoms with Gasteiger partial charge in [0.1, 0.15) is 5.54 Å². The quantitative estimate of drug-likeness (QED) is 0.735. The van der Waals surface area contributed by atoms with Crippen LogP contribution < -0.4 is 4.90 Å². The number of aryl methyl sites for hydroxylation is 1. The third kappa shape index (κ3) is 2.19. The molecule has 0 atom stereocenters. The largest absolute Gasteiger partial charge is 0.471 e. The van der Waals surface area contributed by atoms with Gasteiger partial charge >= 0.3 is 12.1 Å². The molecule has 0 N–H and O–H groups in total. The average molecular weight is 285 g/mol. The fourth-order valence-electron chi connectivity index (χ4n) is 2.38. The van der Waals surface area contributed by atoms with E-state index in [1.807, 2.05) is 0 Å². The lowest BCUT2D eigenvalue weighted by molar-refractivity contribution is -0.172. The number of benzene rings is 1. The number of ketones is 1. The molecule has 1 aromatic rings. The number of nitrogens with zero attached hydrogens (tertiary/aromatic N) is 1. The van der Waals surface area contributed by atoms with E-state index in [1.54, 1.807) is 19.1 Å². The van der Waals surface area contributed by atoms with E-state index in [4.69, 9.17) is 0 Å². The maximum Gasteiger partial charge on any atom is 0.471 e. The first-order chi connectivity index (χ1) is 9.05. The van der Waals surface area contributed by atoms with E-state index >= 15 is 0 Å². The van der Waals surface area contributed by atoms with Gasteiger partial charge in [-0.05, 0) is 32.4 Å². The van der Waals surface area contributed by atoms with Gasteiger partial charge < -0.3 is 0 Å². The second-order valence-corrected chi connectivity index (χ2v) is 5.43. The molecule has 1 aliphatic heterocycles. The highest BCUT2D eigenvalue weighted by atomic mass is 19.4. The van der Waals surface area contributed by atoms with Crippen LogP contribution in [0.4, 0.5) is 18.9 Å². The van der Waals surface area contributed by atoms with Gasteiger partial charge in [0.2, 0.25) is 0 Å². The molecule has 0 unspecified atom stereocenters. The standard InChI is InChI=1S/C14H14F3NO2/c1-8-4-5-10-9(6-8)7-11(19)13(2,3)18(10)12(20)14(15,16)17/h4-6H,7H2,1-3H3. The van der Waals surface area contributed by atoms with Crippen molar-refractivity contribution in [2.75, 3.05) is 4.90 Å². The molecule has 1 aliphatic rings. The Balaban J connectivity index is 2.64. The SMILES string of the molecule is Cc1ccc2c(c1)CC(=O)C(C)(C)N2C(=O)C(F)(F)F. The summed E-state index contributed by atoms with van der Waals surface area (Å²) < 4.78 is 38.3. The van der Waals surface area contributed by atoms with E-state index < -0.39 is 23.4 Å². The average Bonchev–Trinajstić information content (AvgIpc) is 2.29. The number of hydrogen-bond donors (Lipinski definition) is 0. The summed E-state index contributed by atoms with van der Waals surface area (Å²) in [5.41, 5.74) is -0.0698. The van der Waals surface area contributed by atoms with E-state index in [2.05, 4.69) is 0 Å². The second kappa shape index (κ2) is 4.33. The van der Waals surface area contributed by atoms with Gasteiger partial charge in [0, 0.05) is 12.1 Å². The third-order valence-electron chi connectivity index (χ3n) is 3.51. The Morgan fingerprint density at radius 2 is 1.90 bits per heavy atom. The number of anilines is 1. The zero-order valence-electron chi connectivity index (χ0n) is 11.3. The van der Waals surface area contributed by atoms with E-state index in [9.17, 15) is 22.8 Å². The molecule has 20 heavy (non-hydrogen) atoms. The van der Waals surface area contributed by atoms with Gasteiger partial charge in [0.15, 0.2) is 5.78 Å². The molecule has 0 aromatic heterocycles. The van der Waals surface area contributed by atoms with Crippen LogP contribution in [0.1, 0.15) is 25.0 Å². The predicted molar refractivity (Wildman–Crippen MR) is 67.5 cm³/mol. The number of carbonyl (C=O) groups excluding carboxylic acids is 2. The summed E-state index contributed by atoms with van der Waals surface area (Å²) in [5.74, 6) is -2.42. The lowest BCUT2D eigenvalue weighted by Crippen LogP contribution is -2.60. The number of rotatable bonds is 0. The summed E-state index contributed by atoms with van der Waals surface area (Å²) in [6, 6.07) is 4.73. The summed E-state index contributed by atoms with van der Waals surface area (Å²) >= 11 is 0. The van der Waals surface area contributed by atoms with Crippen molar-refractivity contribution in [3.05, 3.63) is 29.3 Å². The normalized spacial score (nSPS) is 17.9. The van der Waals surface area contributed by atoms with Crippen LogP contribution in [-0.2, 0) is 16.0 Å². The maximum absolute atomic E-state index is 12.8. The molecular formula is C14H14F3NO2. The number of hydrogen-bond acceptors (Lipinski definition) is 2. The van der Waals surface area contributed by atoms with Gasteiger partial charge in [-0.3, -0.25) is 14.5 Å². The van der Waals surface area contributed by atoms with Crippen LogP contribution in [-0.4, -0.2) is 23.4 Å². The smallest absolute Gasteiger partial charge is 0.297 e. The van der Waals surface area contributed by atoms with Crippen molar-refractivity contribution in [1.29, 1.82) is 0 Å². The van der Waals surface area contributed by atoms with Gasteiger partial charge in [-0.2, -0.15) is 13.2 Å². The van der Waals surface area contributed by atoms with Gasteiger partial charge in [-0.15, -0.1) is 0 Å². The molecule has 0 saturated carbocycles. The van der Waals surface area contributed by atoms with E-state index in [1.165, 1.54) is 19.9 Å². The Morgan fingerprint density at radius 3 is 2.45 bits per heavy atom. The zero-order valence-corrected chi connectivity index (χ0v) is 11.3. The Labute approximate surface area is 114 Å². The van der Waals surface area contributed by atoms with Crippen molar-refractivity contribution in [1.82, 2.24) is 0 Å². The Hall–Kier alpha value is -1.85. The molecule has 2 rings (SSSR count). The minimum absolute atomic E-state index is 0.0334. The molecule has 1 heterocycles. The minimum Gasteiger partial charge on any atom is -0.297 e. The predicted octanol–water partition coefficient (Wildman–Crippen LogP) is 2.79. The molecule has 3 nitrogen and oxygen atoms in total. The fourth-order valence-corrected chi connectivity index (χ4v) is 2.38. The zero-order chi connectivity index (χ0) is 15.3. The van der Waals surface area contributed by atoms with Crippen LogP contribution in [0.3, 0.4) is 0 Å². The molecule has 0 radical (unpaired) electrons. The molecular weight excluding hydrogens is 271 g/mol. The number of fused-ring (bicyclic) bond motifs is 1. The van der Waals surface area contributed by atoms with Crippen LogP contribution in [0.2, 0.25) is 0 Å². The number of alkyl halides is 3. The summed E-state index contributed by atoms with van der Waals surface area (Å²) in [4.78, 5) is 24.3. The summed E-state index contributed by atoms with van der Waals surface area (Å²) in [5, 5.41) is 0. The molecule has 0 saturated heterocycles. The van der Waals surface area contributed by atoms with E-state index in [-0.39, 0.29) is 12.1 Å². The highest BCUT2D eigenvalue weighted by molar-refractivity contribution is 6.09. The first-order valence-corrected chi connectivity index (χ1v) is 6.09. The van der Waals surface area contributed by atoms with Crippen LogP contribution in [0, 0.1) is 6.92 Å². The highest BCUT2D eigenvalue weighted by Gasteiger charge is 2.52. The Morgan fingerprint density at radius 1 is 1.30 bits per heavy atom. The van der Waals surface area contributed by atoms with Crippen LogP contribution in [0.5, 0.6) is 0 Å². The molecule has 6 heteroatoms. The van der Waals surface area contributed by atoms with Crippen molar-refractivity contribution in [2.24, 2.45) is 0 Å². The molecule has 0 aliphatic carbocycles.